The summed E-state index contributed by atoms with van der Waals surface area (Å²) in [4.78, 5) is 11.6. The van der Waals surface area contributed by atoms with E-state index in [1.165, 1.54) is 0 Å². The van der Waals surface area contributed by atoms with Gasteiger partial charge in [-0.05, 0) is 19.1 Å². The first-order valence-corrected chi connectivity index (χ1v) is 6.06. The molecule has 0 aromatic rings. The molecule has 13 heavy (non-hydrogen) atoms. The zero-order valence-electron chi connectivity index (χ0n) is 8.72. The van der Waals surface area contributed by atoms with Gasteiger partial charge in [0.05, 0.1) is 5.54 Å². The van der Waals surface area contributed by atoms with E-state index < -0.39 is 5.54 Å². The van der Waals surface area contributed by atoms with E-state index in [0.717, 1.165) is 5.75 Å². The lowest BCUT2D eigenvalue weighted by molar-refractivity contribution is -0.126. The zero-order valence-corrected chi connectivity index (χ0v) is 9.54. The minimum Gasteiger partial charge on any atom is -0.354 e. The molecule has 0 fully saturated rings. The molecule has 0 spiro atoms. The van der Waals surface area contributed by atoms with Crippen molar-refractivity contribution in [2.75, 3.05) is 18.6 Å². The Morgan fingerprint density at radius 2 is 2.00 bits per heavy atom. The molecule has 0 aromatic heterocycles. The molecule has 0 rings (SSSR count). The molecule has 0 saturated heterocycles. The molecule has 0 aliphatic carbocycles. The fourth-order valence-corrected chi connectivity index (χ4v) is 1.32. The molecule has 0 aromatic carbocycles. The van der Waals surface area contributed by atoms with Gasteiger partial charge in [0.1, 0.15) is 0 Å². The Bertz CT molecular complexity index is 158. The smallest absolute Gasteiger partial charge is 0.240 e. The van der Waals surface area contributed by atoms with Crippen molar-refractivity contribution in [1.29, 1.82) is 0 Å². The van der Waals surface area contributed by atoms with Crippen molar-refractivity contribution >= 4 is 17.7 Å². The first-order valence-electron chi connectivity index (χ1n) is 4.66. The van der Waals surface area contributed by atoms with Crippen LogP contribution in [-0.2, 0) is 4.79 Å². The second-order valence-electron chi connectivity index (χ2n) is 3.11. The van der Waals surface area contributed by atoms with E-state index in [-0.39, 0.29) is 5.91 Å². The number of nitrogens with one attached hydrogen (secondary N) is 1. The highest BCUT2D eigenvalue weighted by molar-refractivity contribution is 7.98. The Labute approximate surface area is 84.8 Å². The number of carbonyl (C=O) groups is 1. The van der Waals surface area contributed by atoms with Gasteiger partial charge in [-0.1, -0.05) is 13.8 Å². The number of hydrogen-bond acceptors (Lipinski definition) is 3. The average Bonchev–Trinajstić information content (AvgIpc) is 2.17. The Morgan fingerprint density at radius 1 is 1.46 bits per heavy atom. The van der Waals surface area contributed by atoms with Crippen LogP contribution in [0.1, 0.15) is 26.7 Å². The minimum absolute atomic E-state index is 0.0217. The molecule has 0 bridgehead atoms. The van der Waals surface area contributed by atoms with Gasteiger partial charge >= 0.3 is 0 Å². The second-order valence-corrected chi connectivity index (χ2v) is 4.10. The van der Waals surface area contributed by atoms with Crippen LogP contribution in [0.3, 0.4) is 0 Å². The Hall–Kier alpha value is -0.220. The maximum absolute atomic E-state index is 11.6. The minimum atomic E-state index is -0.668. The number of carbonyl (C=O) groups excluding carboxylic acids is 1. The van der Waals surface area contributed by atoms with Gasteiger partial charge in [0.25, 0.3) is 0 Å². The quantitative estimate of drug-likeness (QED) is 0.634. The highest BCUT2D eigenvalue weighted by atomic mass is 32.2. The van der Waals surface area contributed by atoms with E-state index in [2.05, 4.69) is 5.32 Å². The molecule has 0 heterocycles. The lowest BCUT2D eigenvalue weighted by Gasteiger charge is -2.24. The van der Waals surface area contributed by atoms with Crippen molar-refractivity contribution in [3.05, 3.63) is 0 Å². The molecular weight excluding hydrogens is 184 g/mol. The summed E-state index contributed by atoms with van der Waals surface area (Å²) in [5, 5.41) is 2.84. The lowest BCUT2D eigenvalue weighted by Crippen LogP contribution is -2.53. The van der Waals surface area contributed by atoms with Crippen LogP contribution in [-0.4, -0.2) is 30.0 Å². The Kier molecular flexibility index (Phi) is 6.16. The summed E-state index contributed by atoms with van der Waals surface area (Å²) >= 11 is 1.71. The van der Waals surface area contributed by atoms with Crippen LogP contribution in [0, 0.1) is 0 Å². The van der Waals surface area contributed by atoms with Gasteiger partial charge in [-0.25, -0.2) is 0 Å². The fraction of sp³-hybridized carbons (Fsp3) is 0.889. The highest BCUT2D eigenvalue weighted by Crippen LogP contribution is 2.10. The van der Waals surface area contributed by atoms with Crippen LogP contribution in [0.5, 0.6) is 0 Å². The lowest BCUT2D eigenvalue weighted by atomic mass is 9.93. The van der Waals surface area contributed by atoms with Crippen molar-refractivity contribution in [3.63, 3.8) is 0 Å². The molecule has 0 unspecified atom stereocenters. The third kappa shape index (κ3) is 4.00. The van der Waals surface area contributed by atoms with Crippen LogP contribution in [0.4, 0.5) is 0 Å². The summed E-state index contributed by atoms with van der Waals surface area (Å²) in [6.07, 6.45) is 3.39. The standard InChI is InChI=1S/C9H20N2OS/c1-4-9(10,5-2)8(12)11-6-7-13-3/h4-7,10H2,1-3H3,(H,11,12). The monoisotopic (exact) mass is 204 g/mol. The molecule has 0 saturated carbocycles. The summed E-state index contributed by atoms with van der Waals surface area (Å²) in [5.41, 5.74) is 5.24. The van der Waals surface area contributed by atoms with Gasteiger partial charge in [-0.2, -0.15) is 11.8 Å². The van der Waals surface area contributed by atoms with E-state index in [0.29, 0.717) is 19.4 Å². The van der Waals surface area contributed by atoms with Gasteiger partial charge in [0, 0.05) is 12.3 Å². The van der Waals surface area contributed by atoms with E-state index in [1.54, 1.807) is 11.8 Å². The van der Waals surface area contributed by atoms with Gasteiger partial charge in [-0.15, -0.1) is 0 Å². The zero-order chi connectivity index (χ0) is 10.3. The summed E-state index contributed by atoms with van der Waals surface area (Å²) in [6, 6.07) is 0. The van der Waals surface area contributed by atoms with Crippen LogP contribution in [0.25, 0.3) is 0 Å². The number of nitrogens with two attached hydrogens (primary N) is 1. The van der Waals surface area contributed by atoms with E-state index in [9.17, 15) is 4.79 Å². The van der Waals surface area contributed by atoms with Crippen molar-refractivity contribution in [2.45, 2.75) is 32.2 Å². The van der Waals surface area contributed by atoms with Gasteiger partial charge < -0.3 is 11.1 Å². The number of hydrogen-bond donors (Lipinski definition) is 2. The third-order valence-electron chi connectivity index (χ3n) is 2.31. The Balaban J connectivity index is 3.92. The van der Waals surface area contributed by atoms with Crippen molar-refractivity contribution in [1.82, 2.24) is 5.32 Å². The maximum atomic E-state index is 11.6. The molecule has 0 aliphatic rings. The summed E-state index contributed by atoms with van der Waals surface area (Å²) in [6.45, 7) is 4.59. The van der Waals surface area contributed by atoms with Gasteiger partial charge in [0.2, 0.25) is 5.91 Å². The van der Waals surface area contributed by atoms with Gasteiger partial charge in [0.15, 0.2) is 0 Å². The largest absolute Gasteiger partial charge is 0.354 e. The molecule has 0 radical (unpaired) electrons. The summed E-state index contributed by atoms with van der Waals surface area (Å²) < 4.78 is 0. The number of rotatable bonds is 6. The predicted molar refractivity (Wildman–Crippen MR) is 58.9 cm³/mol. The molecule has 78 valence electrons. The predicted octanol–water partition coefficient (Wildman–Crippen LogP) is 0.983. The van der Waals surface area contributed by atoms with Crippen LogP contribution in [0.15, 0.2) is 0 Å². The normalized spacial score (nSPS) is 11.4. The summed E-state index contributed by atoms with van der Waals surface area (Å²) in [5.74, 6) is 0.918. The van der Waals surface area contributed by atoms with E-state index in [1.807, 2.05) is 20.1 Å². The number of thioether (sulfide) groups is 1. The molecule has 3 nitrogen and oxygen atoms in total. The molecule has 4 heteroatoms. The SMILES string of the molecule is CCC(N)(CC)C(=O)NCCSC. The topological polar surface area (TPSA) is 55.1 Å². The highest BCUT2D eigenvalue weighted by Gasteiger charge is 2.29. The molecular formula is C9H20N2OS. The second kappa shape index (κ2) is 6.27. The van der Waals surface area contributed by atoms with Crippen LogP contribution < -0.4 is 11.1 Å². The molecule has 0 atom stereocenters. The first-order chi connectivity index (χ1) is 6.10. The third-order valence-corrected chi connectivity index (χ3v) is 2.92. The van der Waals surface area contributed by atoms with E-state index in [4.69, 9.17) is 5.73 Å². The van der Waals surface area contributed by atoms with Crippen molar-refractivity contribution < 1.29 is 4.79 Å². The molecule has 3 N–H and O–H groups in total. The summed E-state index contributed by atoms with van der Waals surface area (Å²) in [7, 11) is 0. The van der Waals surface area contributed by atoms with Gasteiger partial charge in [-0.3, -0.25) is 4.79 Å². The number of amides is 1. The van der Waals surface area contributed by atoms with Crippen molar-refractivity contribution in [2.24, 2.45) is 5.73 Å². The van der Waals surface area contributed by atoms with Crippen molar-refractivity contribution in [3.8, 4) is 0 Å². The molecule has 1 amide bonds. The molecule has 0 aliphatic heterocycles. The maximum Gasteiger partial charge on any atom is 0.240 e. The van der Waals surface area contributed by atoms with E-state index >= 15 is 0 Å². The first kappa shape index (κ1) is 12.8. The van der Waals surface area contributed by atoms with Crippen LogP contribution in [0.2, 0.25) is 0 Å². The fourth-order valence-electron chi connectivity index (χ4n) is 1.01. The Morgan fingerprint density at radius 3 is 2.38 bits per heavy atom. The average molecular weight is 204 g/mol. The van der Waals surface area contributed by atoms with Crippen LogP contribution >= 0.6 is 11.8 Å².